The third kappa shape index (κ3) is 4.03. The zero-order valence-corrected chi connectivity index (χ0v) is 10.8. The first-order valence-electron chi connectivity index (χ1n) is 5.58. The predicted octanol–water partition coefficient (Wildman–Crippen LogP) is 0.902. The van der Waals surface area contributed by atoms with Crippen molar-refractivity contribution in [2.24, 2.45) is 5.73 Å². The van der Waals surface area contributed by atoms with Crippen LogP contribution in [0, 0.1) is 0 Å². The highest BCUT2D eigenvalue weighted by molar-refractivity contribution is 7.09. The molecule has 0 aliphatic carbocycles. The third-order valence-electron chi connectivity index (χ3n) is 2.24. The molecule has 2 N–H and O–H groups in total. The summed E-state index contributed by atoms with van der Waals surface area (Å²) >= 11 is 1.45. The fourth-order valence-corrected chi connectivity index (χ4v) is 2.10. The van der Waals surface area contributed by atoms with Gasteiger partial charge in [-0.05, 0) is 13.0 Å². The zero-order valence-electron chi connectivity index (χ0n) is 9.98. The molecular formula is C10H20N4OS. The number of ether oxygens (including phenoxy) is 1. The minimum atomic E-state index is 0.697. The summed E-state index contributed by atoms with van der Waals surface area (Å²) in [5, 5.41) is 0.974. The molecule has 0 fully saturated rings. The number of aromatic nitrogens is 2. The molecular weight excluding hydrogens is 224 g/mol. The van der Waals surface area contributed by atoms with Crippen molar-refractivity contribution in [2.75, 3.05) is 38.3 Å². The number of methoxy groups -OCH3 is 1. The van der Waals surface area contributed by atoms with E-state index in [1.165, 1.54) is 11.5 Å². The maximum Gasteiger partial charge on any atom is 0.205 e. The van der Waals surface area contributed by atoms with Gasteiger partial charge in [0.15, 0.2) is 0 Å². The molecule has 0 saturated heterocycles. The van der Waals surface area contributed by atoms with E-state index in [0.29, 0.717) is 13.2 Å². The number of hydrogen-bond donors (Lipinski definition) is 1. The molecule has 0 amide bonds. The van der Waals surface area contributed by atoms with Crippen molar-refractivity contribution in [3.63, 3.8) is 0 Å². The zero-order chi connectivity index (χ0) is 11.8. The molecule has 0 aliphatic rings. The van der Waals surface area contributed by atoms with Crippen molar-refractivity contribution in [1.29, 1.82) is 0 Å². The Morgan fingerprint density at radius 1 is 1.44 bits per heavy atom. The van der Waals surface area contributed by atoms with Gasteiger partial charge in [0.25, 0.3) is 0 Å². The SMILES string of the molecule is CCc1nsc(N(CCCN)CCOC)n1. The van der Waals surface area contributed by atoms with E-state index in [4.69, 9.17) is 10.5 Å². The summed E-state index contributed by atoms with van der Waals surface area (Å²) in [6, 6.07) is 0. The lowest BCUT2D eigenvalue weighted by Crippen LogP contribution is -2.29. The van der Waals surface area contributed by atoms with Gasteiger partial charge in [-0.2, -0.15) is 4.37 Å². The second kappa shape index (κ2) is 7.54. The smallest absolute Gasteiger partial charge is 0.205 e. The van der Waals surface area contributed by atoms with E-state index in [2.05, 4.69) is 21.2 Å². The molecule has 0 unspecified atom stereocenters. The molecule has 5 nitrogen and oxygen atoms in total. The molecule has 1 rings (SSSR count). The van der Waals surface area contributed by atoms with Crippen LogP contribution in [-0.2, 0) is 11.2 Å². The van der Waals surface area contributed by atoms with Crippen molar-refractivity contribution in [3.05, 3.63) is 5.82 Å². The van der Waals surface area contributed by atoms with Crippen LogP contribution in [0.2, 0.25) is 0 Å². The lowest BCUT2D eigenvalue weighted by atomic mass is 10.4. The van der Waals surface area contributed by atoms with Crippen LogP contribution in [-0.4, -0.2) is 42.7 Å². The minimum Gasteiger partial charge on any atom is -0.383 e. The Morgan fingerprint density at radius 2 is 2.25 bits per heavy atom. The van der Waals surface area contributed by atoms with Crippen LogP contribution in [0.4, 0.5) is 5.13 Å². The van der Waals surface area contributed by atoms with Gasteiger partial charge in [0.05, 0.1) is 6.61 Å². The summed E-state index contributed by atoms with van der Waals surface area (Å²) in [6.45, 7) is 5.22. The quantitative estimate of drug-likeness (QED) is 0.736. The molecule has 92 valence electrons. The van der Waals surface area contributed by atoms with Crippen LogP contribution in [0.5, 0.6) is 0 Å². The molecule has 1 heterocycles. The fourth-order valence-electron chi connectivity index (χ4n) is 1.30. The van der Waals surface area contributed by atoms with Crippen LogP contribution in [0.3, 0.4) is 0 Å². The Hall–Kier alpha value is -0.720. The van der Waals surface area contributed by atoms with Gasteiger partial charge < -0.3 is 15.4 Å². The van der Waals surface area contributed by atoms with Crippen molar-refractivity contribution in [2.45, 2.75) is 19.8 Å². The standard InChI is InChI=1S/C10H20N4OS/c1-3-9-12-10(16-13-9)14(6-4-5-11)7-8-15-2/h3-8,11H2,1-2H3. The van der Waals surface area contributed by atoms with E-state index in [9.17, 15) is 0 Å². The van der Waals surface area contributed by atoms with E-state index >= 15 is 0 Å². The van der Waals surface area contributed by atoms with Crippen molar-refractivity contribution >= 4 is 16.7 Å². The number of nitrogens with zero attached hydrogens (tertiary/aromatic N) is 3. The molecule has 1 aromatic heterocycles. The van der Waals surface area contributed by atoms with Gasteiger partial charge in [-0.3, -0.25) is 0 Å². The topological polar surface area (TPSA) is 64.3 Å². The first-order valence-corrected chi connectivity index (χ1v) is 6.35. The first-order chi connectivity index (χ1) is 7.81. The van der Waals surface area contributed by atoms with Crippen LogP contribution in [0.15, 0.2) is 0 Å². The normalized spacial score (nSPS) is 10.7. The van der Waals surface area contributed by atoms with E-state index in [1.54, 1.807) is 7.11 Å². The van der Waals surface area contributed by atoms with E-state index in [0.717, 1.165) is 36.9 Å². The van der Waals surface area contributed by atoms with Gasteiger partial charge in [0.1, 0.15) is 5.82 Å². The lowest BCUT2D eigenvalue weighted by Gasteiger charge is -2.20. The average Bonchev–Trinajstić information content (AvgIpc) is 2.78. The van der Waals surface area contributed by atoms with Gasteiger partial charge in [-0.15, -0.1) is 0 Å². The van der Waals surface area contributed by atoms with E-state index in [1.807, 2.05) is 0 Å². The molecule has 0 aliphatic heterocycles. The number of nitrogens with two attached hydrogens (primary N) is 1. The van der Waals surface area contributed by atoms with Gasteiger partial charge in [-0.1, -0.05) is 6.92 Å². The summed E-state index contributed by atoms with van der Waals surface area (Å²) in [6.07, 6.45) is 1.84. The van der Waals surface area contributed by atoms with E-state index < -0.39 is 0 Å². The fraction of sp³-hybridized carbons (Fsp3) is 0.800. The van der Waals surface area contributed by atoms with Crippen LogP contribution >= 0.6 is 11.5 Å². The highest BCUT2D eigenvalue weighted by Crippen LogP contribution is 2.17. The third-order valence-corrected chi connectivity index (χ3v) is 3.06. The Kier molecular flexibility index (Phi) is 6.29. The van der Waals surface area contributed by atoms with E-state index in [-0.39, 0.29) is 0 Å². The van der Waals surface area contributed by atoms with Crippen LogP contribution in [0.1, 0.15) is 19.2 Å². The Bertz CT molecular complexity index is 284. The molecule has 0 aromatic carbocycles. The first kappa shape index (κ1) is 13.3. The molecule has 0 radical (unpaired) electrons. The van der Waals surface area contributed by atoms with Crippen molar-refractivity contribution in [3.8, 4) is 0 Å². The second-order valence-electron chi connectivity index (χ2n) is 3.47. The monoisotopic (exact) mass is 244 g/mol. The van der Waals surface area contributed by atoms with Crippen molar-refractivity contribution < 1.29 is 4.74 Å². The summed E-state index contributed by atoms with van der Waals surface area (Å²) in [5.41, 5.74) is 5.52. The predicted molar refractivity (Wildman–Crippen MR) is 67.0 cm³/mol. The summed E-state index contributed by atoms with van der Waals surface area (Å²) in [5.74, 6) is 0.912. The lowest BCUT2D eigenvalue weighted by molar-refractivity contribution is 0.205. The maximum absolute atomic E-state index is 5.52. The van der Waals surface area contributed by atoms with Crippen molar-refractivity contribution in [1.82, 2.24) is 9.36 Å². The second-order valence-corrected chi connectivity index (χ2v) is 4.20. The molecule has 16 heavy (non-hydrogen) atoms. The van der Waals surface area contributed by atoms with Gasteiger partial charge in [-0.25, -0.2) is 4.98 Å². The number of anilines is 1. The van der Waals surface area contributed by atoms with Crippen LogP contribution in [0.25, 0.3) is 0 Å². The molecule has 0 saturated carbocycles. The minimum absolute atomic E-state index is 0.697. The van der Waals surface area contributed by atoms with Gasteiger partial charge in [0, 0.05) is 38.2 Å². The van der Waals surface area contributed by atoms with Gasteiger partial charge in [0.2, 0.25) is 5.13 Å². The summed E-state index contributed by atoms with van der Waals surface area (Å²) in [7, 11) is 1.71. The largest absolute Gasteiger partial charge is 0.383 e. The highest BCUT2D eigenvalue weighted by atomic mass is 32.1. The van der Waals surface area contributed by atoms with Gasteiger partial charge >= 0.3 is 0 Å². The number of rotatable bonds is 8. The molecule has 6 heteroatoms. The molecule has 0 spiro atoms. The Labute approximate surface area is 101 Å². The average molecular weight is 244 g/mol. The molecule has 0 bridgehead atoms. The number of hydrogen-bond acceptors (Lipinski definition) is 6. The summed E-state index contributed by atoms with van der Waals surface area (Å²) < 4.78 is 9.38. The Morgan fingerprint density at radius 3 is 2.81 bits per heavy atom. The van der Waals surface area contributed by atoms with Crippen LogP contribution < -0.4 is 10.6 Å². The molecule has 0 atom stereocenters. The maximum atomic E-state index is 5.52. The molecule has 1 aromatic rings. The highest BCUT2D eigenvalue weighted by Gasteiger charge is 2.11. The Balaban J connectivity index is 2.58. The number of aryl methyl sites for hydroxylation is 1. The summed E-state index contributed by atoms with van der Waals surface area (Å²) in [4.78, 5) is 6.66.